The molecule has 2 saturated heterocycles. The number of halogens is 1. The molecule has 26 heavy (non-hydrogen) atoms. The molecule has 1 aromatic carbocycles. The summed E-state index contributed by atoms with van der Waals surface area (Å²) in [6.45, 7) is 5.68. The Morgan fingerprint density at radius 3 is 2.35 bits per heavy atom. The maximum absolute atomic E-state index is 12.4. The van der Waals surface area contributed by atoms with Gasteiger partial charge in [0.2, 0.25) is 5.91 Å². The number of carbonyl (C=O) groups excluding carboxylic acids is 2. The molecule has 0 bridgehead atoms. The number of nitrogens with one attached hydrogen (secondary N) is 2. The maximum atomic E-state index is 12.4. The fourth-order valence-electron chi connectivity index (χ4n) is 3.70. The zero-order valence-corrected chi connectivity index (χ0v) is 16.0. The first-order valence-electron chi connectivity index (χ1n) is 9.29. The van der Waals surface area contributed by atoms with Gasteiger partial charge in [0.15, 0.2) is 0 Å². The fourth-order valence-corrected chi connectivity index (χ4v) is 3.83. The highest BCUT2D eigenvalue weighted by Gasteiger charge is 2.28. The van der Waals surface area contributed by atoms with Gasteiger partial charge in [-0.15, -0.1) is 0 Å². The zero-order valence-electron chi connectivity index (χ0n) is 15.2. The second-order valence-electron chi connectivity index (χ2n) is 7.26. The van der Waals surface area contributed by atoms with Gasteiger partial charge >= 0.3 is 6.03 Å². The van der Waals surface area contributed by atoms with Crippen LogP contribution >= 0.6 is 11.6 Å². The second-order valence-corrected chi connectivity index (χ2v) is 7.69. The number of hydrogen-bond donors (Lipinski definition) is 2. The van der Waals surface area contributed by atoms with Crippen molar-refractivity contribution in [3.8, 4) is 0 Å². The van der Waals surface area contributed by atoms with E-state index in [1.807, 2.05) is 12.1 Å². The van der Waals surface area contributed by atoms with Crippen LogP contribution in [0.2, 0.25) is 5.02 Å². The Morgan fingerprint density at radius 2 is 1.69 bits per heavy atom. The molecule has 142 valence electrons. The number of likely N-dealkylation sites (tertiary alicyclic amines) is 2. The highest BCUT2D eigenvalue weighted by molar-refractivity contribution is 6.30. The molecule has 7 heteroatoms. The average Bonchev–Trinajstić information content (AvgIpc) is 3.06. The smallest absolute Gasteiger partial charge is 0.317 e. The molecule has 2 aliphatic rings. The van der Waals surface area contributed by atoms with E-state index in [1.165, 1.54) is 12.5 Å². The van der Waals surface area contributed by atoms with Crippen LogP contribution in [-0.2, 0) is 11.3 Å². The minimum Gasteiger partial charge on any atom is -0.352 e. The quantitative estimate of drug-likeness (QED) is 0.844. The van der Waals surface area contributed by atoms with Crippen LogP contribution in [0.3, 0.4) is 0 Å². The number of benzene rings is 1. The van der Waals surface area contributed by atoms with Crippen molar-refractivity contribution in [2.24, 2.45) is 0 Å². The summed E-state index contributed by atoms with van der Waals surface area (Å²) < 4.78 is 0. The molecule has 0 radical (unpaired) electrons. The minimum absolute atomic E-state index is 0.00555. The Bertz CT molecular complexity index is 629. The van der Waals surface area contributed by atoms with Crippen LogP contribution in [0.15, 0.2) is 24.3 Å². The van der Waals surface area contributed by atoms with E-state index in [0.717, 1.165) is 43.9 Å². The van der Waals surface area contributed by atoms with Gasteiger partial charge in [0.25, 0.3) is 0 Å². The van der Waals surface area contributed by atoms with Crippen molar-refractivity contribution in [3.63, 3.8) is 0 Å². The summed E-state index contributed by atoms with van der Waals surface area (Å²) in [7, 11) is 0. The van der Waals surface area contributed by atoms with Crippen LogP contribution in [-0.4, -0.2) is 60.0 Å². The number of piperidine rings is 1. The zero-order chi connectivity index (χ0) is 18.5. The average molecular weight is 379 g/mol. The Morgan fingerprint density at radius 1 is 1.04 bits per heavy atom. The number of amides is 3. The normalized spacial score (nSPS) is 21.6. The Kier molecular flexibility index (Phi) is 6.38. The number of nitrogens with zero attached hydrogens (tertiary/aromatic N) is 2. The highest BCUT2D eigenvalue weighted by atomic mass is 35.5. The van der Waals surface area contributed by atoms with Gasteiger partial charge in [0.1, 0.15) is 0 Å². The van der Waals surface area contributed by atoms with Gasteiger partial charge in [-0.1, -0.05) is 23.7 Å². The molecule has 2 heterocycles. The molecular formula is C19H27ClN4O2. The molecule has 3 amide bonds. The molecule has 3 rings (SSSR count). The molecule has 2 fully saturated rings. The first-order chi connectivity index (χ1) is 12.5. The molecule has 0 spiro atoms. The molecule has 1 atom stereocenters. The summed E-state index contributed by atoms with van der Waals surface area (Å²) in [6, 6.07) is 8.28. The fraction of sp³-hybridized carbons (Fsp3) is 0.579. The lowest BCUT2D eigenvalue weighted by Crippen LogP contribution is -2.49. The van der Waals surface area contributed by atoms with Crippen molar-refractivity contribution in [2.45, 2.75) is 44.8 Å². The van der Waals surface area contributed by atoms with Crippen molar-refractivity contribution >= 4 is 23.5 Å². The molecule has 2 aliphatic heterocycles. The third kappa shape index (κ3) is 5.35. The van der Waals surface area contributed by atoms with Crippen molar-refractivity contribution in [3.05, 3.63) is 34.9 Å². The van der Waals surface area contributed by atoms with E-state index in [4.69, 9.17) is 11.6 Å². The van der Waals surface area contributed by atoms with Gasteiger partial charge in [-0.25, -0.2) is 4.79 Å². The molecule has 6 nitrogen and oxygen atoms in total. The SMILES string of the molecule is CC(=O)NC1CCN(C(=O)NC2CCN(Cc3ccc(Cl)cc3)CC2)C1. The van der Waals surface area contributed by atoms with E-state index in [2.05, 4.69) is 27.7 Å². The van der Waals surface area contributed by atoms with Crippen LogP contribution < -0.4 is 10.6 Å². The molecule has 0 aromatic heterocycles. The van der Waals surface area contributed by atoms with E-state index < -0.39 is 0 Å². The van der Waals surface area contributed by atoms with Gasteiger partial charge in [0.05, 0.1) is 0 Å². The predicted molar refractivity (Wildman–Crippen MR) is 102 cm³/mol. The van der Waals surface area contributed by atoms with Gasteiger partial charge < -0.3 is 15.5 Å². The van der Waals surface area contributed by atoms with E-state index >= 15 is 0 Å². The van der Waals surface area contributed by atoms with Crippen LogP contribution in [0.1, 0.15) is 31.7 Å². The highest BCUT2D eigenvalue weighted by Crippen LogP contribution is 2.17. The summed E-state index contributed by atoms with van der Waals surface area (Å²) in [5.41, 5.74) is 1.26. The number of carbonyl (C=O) groups is 2. The minimum atomic E-state index is -0.0367. The van der Waals surface area contributed by atoms with Crippen LogP contribution in [0.5, 0.6) is 0 Å². The van der Waals surface area contributed by atoms with E-state index in [1.54, 1.807) is 4.90 Å². The summed E-state index contributed by atoms with van der Waals surface area (Å²) >= 11 is 5.93. The van der Waals surface area contributed by atoms with Gasteiger partial charge in [-0.05, 0) is 37.0 Å². The monoisotopic (exact) mass is 378 g/mol. The summed E-state index contributed by atoms with van der Waals surface area (Å²) in [5, 5.41) is 6.81. The van der Waals surface area contributed by atoms with E-state index in [-0.39, 0.29) is 24.0 Å². The van der Waals surface area contributed by atoms with Crippen molar-refractivity contribution in [1.29, 1.82) is 0 Å². The maximum Gasteiger partial charge on any atom is 0.317 e. The van der Waals surface area contributed by atoms with E-state index in [9.17, 15) is 9.59 Å². The van der Waals surface area contributed by atoms with Gasteiger partial charge in [-0.2, -0.15) is 0 Å². The summed E-state index contributed by atoms with van der Waals surface area (Å²) in [5.74, 6) is -0.0367. The first kappa shape index (κ1) is 19.0. The molecule has 0 saturated carbocycles. The number of urea groups is 1. The Balaban J connectivity index is 1.39. The van der Waals surface area contributed by atoms with Gasteiger partial charge in [0, 0.05) is 56.8 Å². The Labute approximate surface area is 159 Å². The lowest BCUT2D eigenvalue weighted by molar-refractivity contribution is -0.119. The molecule has 1 aromatic rings. The van der Waals surface area contributed by atoms with E-state index in [0.29, 0.717) is 13.1 Å². The topological polar surface area (TPSA) is 64.7 Å². The van der Waals surface area contributed by atoms with Gasteiger partial charge in [-0.3, -0.25) is 9.69 Å². The number of rotatable bonds is 4. The molecule has 2 N–H and O–H groups in total. The van der Waals surface area contributed by atoms with Crippen LogP contribution in [0.25, 0.3) is 0 Å². The third-order valence-corrected chi connectivity index (χ3v) is 5.37. The van der Waals surface area contributed by atoms with Crippen molar-refractivity contribution < 1.29 is 9.59 Å². The molecular weight excluding hydrogens is 352 g/mol. The lowest BCUT2D eigenvalue weighted by Gasteiger charge is -2.33. The standard InChI is InChI=1S/C19H27ClN4O2/c1-14(25)21-18-8-11-24(13-18)19(26)22-17-6-9-23(10-7-17)12-15-2-4-16(20)5-3-15/h2-5,17-18H,6-13H2,1H3,(H,21,25)(H,22,26). The molecule has 1 unspecified atom stereocenters. The van der Waals surface area contributed by atoms with Crippen molar-refractivity contribution in [1.82, 2.24) is 20.4 Å². The Hall–Kier alpha value is -1.79. The predicted octanol–water partition coefficient (Wildman–Crippen LogP) is 2.22. The molecule has 0 aliphatic carbocycles. The summed E-state index contributed by atoms with van der Waals surface area (Å²) in [4.78, 5) is 27.8. The van der Waals surface area contributed by atoms with Crippen LogP contribution in [0, 0.1) is 0 Å². The second kappa shape index (κ2) is 8.73. The third-order valence-electron chi connectivity index (χ3n) is 5.12. The largest absolute Gasteiger partial charge is 0.352 e. The summed E-state index contributed by atoms with van der Waals surface area (Å²) in [6.07, 6.45) is 2.75. The lowest BCUT2D eigenvalue weighted by atomic mass is 10.0. The van der Waals surface area contributed by atoms with Crippen LogP contribution in [0.4, 0.5) is 4.79 Å². The van der Waals surface area contributed by atoms with Crippen molar-refractivity contribution in [2.75, 3.05) is 26.2 Å². The first-order valence-corrected chi connectivity index (χ1v) is 9.67. The number of hydrogen-bond acceptors (Lipinski definition) is 3.